The normalized spacial score (nSPS) is 10.1. The highest BCUT2D eigenvalue weighted by atomic mass is 32.1. The molecule has 1 heterocycles. The topological polar surface area (TPSA) is 57.9 Å². The fourth-order valence-corrected chi connectivity index (χ4v) is 2.41. The Kier molecular flexibility index (Phi) is 4.90. The molecule has 1 N–H and O–H groups in total. The van der Waals surface area contributed by atoms with Crippen molar-refractivity contribution in [2.75, 3.05) is 6.61 Å². The number of aryl methyl sites for hydroxylation is 1. The van der Waals surface area contributed by atoms with Crippen molar-refractivity contribution >= 4 is 11.3 Å². The summed E-state index contributed by atoms with van der Waals surface area (Å²) in [7, 11) is 0. The van der Waals surface area contributed by atoms with Crippen molar-refractivity contribution < 1.29 is 4.74 Å². The fourth-order valence-electron chi connectivity index (χ4n) is 1.66. The first-order chi connectivity index (χ1) is 9.28. The molecular weight excluding hydrogens is 258 g/mol. The smallest absolute Gasteiger partial charge is 0.174 e. The van der Waals surface area contributed by atoms with Crippen molar-refractivity contribution in [2.24, 2.45) is 0 Å². The van der Waals surface area contributed by atoms with Crippen LogP contribution in [0.2, 0.25) is 0 Å². The molecule has 0 aliphatic heterocycles. The number of aromatic nitrogens is 1. The maximum Gasteiger partial charge on any atom is 0.174 e. The lowest BCUT2D eigenvalue weighted by molar-refractivity contribution is 0.367. The SMILES string of the molecule is Cc1cnc(CNCc2cccc(OCC#N)c2)s1. The van der Waals surface area contributed by atoms with Crippen LogP contribution in [0.25, 0.3) is 0 Å². The number of hydrogen-bond acceptors (Lipinski definition) is 5. The van der Waals surface area contributed by atoms with Gasteiger partial charge in [-0.1, -0.05) is 12.1 Å². The zero-order chi connectivity index (χ0) is 13.5. The maximum absolute atomic E-state index is 8.47. The van der Waals surface area contributed by atoms with Gasteiger partial charge in [0.1, 0.15) is 16.8 Å². The fraction of sp³-hybridized carbons (Fsp3) is 0.286. The van der Waals surface area contributed by atoms with Gasteiger partial charge in [0.2, 0.25) is 0 Å². The third-order valence-corrected chi connectivity index (χ3v) is 3.39. The van der Waals surface area contributed by atoms with Gasteiger partial charge in [-0.25, -0.2) is 4.98 Å². The number of thiazole rings is 1. The molecule has 2 rings (SSSR count). The number of ether oxygens (including phenoxy) is 1. The van der Waals surface area contributed by atoms with Crippen LogP contribution in [-0.2, 0) is 13.1 Å². The van der Waals surface area contributed by atoms with Crippen LogP contribution in [0.5, 0.6) is 5.75 Å². The minimum atomic E-state index is 0.0786. The molecule has 0 aliphatic rings. The van der Waals surface area contributed by atoms with E-state index in [2.05, 4.69) is 17.2 Å². The molecule has 1 aromatic heterocycles. The van der Waals surface area contributed by atoms with Crippen molar-refractivity contribution in [2.45, 2.75) is 20.0 Å². The van der Waals surface area contributed by atoms with Crippen molar-refractivity contribution in [3.05, 3.63) is 45.9 Å². The standard InChI is InChI=1S/C14H15N3OS/c1-11-8-17-14(19-11)10-16-9-12-3-2-4-13(7-12)18-6-5-15/h2-4,7-8,16H,6,9-10H2,1H3. The van der Waals surface area contributed by atoms with Gasteiger partial charge in [0, 0.05) is 24.2 Å². The van der Waals surface area contributed by atoms with Gasteiger partial charge in [-0.05, 0) is 24.6 Å². The zero-order valence-electron chi connectivity index (χ0n) is 10.7. The Morgan fingerprint density at radius 3 is 3.05 bits per heavy atom. The molecule has 4 nitrogen and oxygen atoms in total. The first-order valence-electron chi connectivity index (χ1n) is 5.98. The summed E-state index contributed by atoms with van der Waals surface area (Å²) >= 11 is 1.70. The Balaban J connectivity index is 1.84. The second-order valence-electron chi connectivity index (χ2n) is 4.06. The first kappa shape index (κ1) is 13.5. The molecule has 0 aliphatic carbocycles. The molecule has 0 bridgehead atoms. The van der Waals surface area contributed by atoms with E-state index in [9.17, 15) is 0 Å². The second-order valence-corrected chi connectivity index (χ2v) is 5.38. The monoisotopic (exact) mass is 273 g/mol. The van der Waals surface area contributed by atoms with E-state index in [1.165, 1.54) is 4.88 Å². The summed E-state index contributed by atoms with van der Waals surface area (Å²) < 4.78 is 5.26. The molecule has 98 valence electrons. The number of nitrogens with zero attached hydrogens (tertiary/aromatic N) is 2. The van der Waals surface area contributed by atoms with Gasteiger partial charge in [-0.3, -0.25) is 0 Å². The number of benzene rings is 1. The largest absolute Gasteiger partial charge is 0.479 e. The van der Waals surface area contributed by atoms with Crippen LogP contribution in [0.1, 0.15) is 15.4 Å². The van der Waals surface area contributed by atoms with Gasteiger partial charge in [0.05, 0.1) is 0 Å². The molecule has 0 unspecified atom stereocenters. The molecule has 0 atom stereocenters. The average Bonchev–Trinajstić information content (AvgIpc) is 2.83. The number of hydrogen-bond donors (Lipinski definition) is 1. The van der Waals surface area contributed by atoms with Crippen molar-refractivity contribution in [3.63, 3.8) is 0 Å². The molecule has 0 saturated heterocycles. The van der Waals surface area contributed by atoms with Crippen LogP contribution in [-0.4, -0.2) is 11.6 Å². The third-order valence-electron chi connectivity index (χ3n) is 2.48. The van der Waals surface area contributed by atoms with E-state index in [-0.39, 0.29) is 6.61 Å². The van der Waals surface area contributed by atoms with Gasteiger partial charge < -0.3 is 10.1 Å². The Labute approximate surface area is 116 Å². The maximum atomic E-state index is 8.47. The molecular formula is C14H15N3OS. The van der Waals surface area contributed by atoms with Crippen LogP contribution < -0.4 is 10.1 Å². The Bertz CT molecular complexity index is 574. The van der Waals surface area contributed by atoms with E-state index in [4.69, 9.17) is 10.00 Å². The minimum absolute atomic E-state index is 0.0786. The minimum Gasteiger partial charge on any atom is -0.479 e. The lowest BCUT2D eigenvalue weighted by Crippen LogP contribution is -2.12. The predicted octanol–water partition coefficient (Wildman–Crippen LogP) is 2.64. The van der Waals surface area contributed by atoms with Crippen LogP contribution in [0.15, 0.2) is 30.5 Å². The summed E-state index contributed by atoms with van der Waals surface area (Å²) in [6.07, 6.45) is 1.89. The molecule has 0 saturated carbocycles. The van der Waals surface area contributed by atoms with Crippen LogP contribution >= 0.6 is 11.3 Å². The van der Waals surface area contributed by atoms with E-state index >= 15 is 0 Å². The number of nitrogens with one attached hydrogen (secondary N) is 1. The van der Waals surface area contributed by atoms with Gasteiger partial charge in [0.25, 0.3) is 0 Å². The van der Waals surface area contributed by atoms with Gasteiger partial charge >= 0.3 is 0 Å². The van der Waals surface area contributed by atoms with E-state index in [1.54, 1.807) is 11.3 Å². The van der Waals surface area contributed by atoms with Gasteiger partial charge in [0.15, 0.2) is 6.61 Å². The van der Waals surface area contributed by atoms with Crippen molar-refractivity contribution in [1.29, 1.82) is 5.26 Å². The second kappa shape index (κ2) is 6.88. The van der Waals surface area contributed by atoms with Crippen LogP contribution in [0.4, 0.5) is 0 Å². The summed E-state index contributed by atoms with van der Waals surface area (Å²) in [6, 6.07) is 9.71. The van der Waals surface area contributed by atoms with E-state index < -0.39 is 0 Å². The highest BCUT2D eigenvalue weighted by molar-refractivity contribution is 7.11. The molecule has 1 aromatic carbocycles. The third kappa shape index (κ3) is 4.36. The summed E-state index contributed by atoms with van der Waals surface area (Å²) in [5.41, 5.74) is 1.13. The van der Waals surface area contributed by atoms with Crippen LogP contribution in [0.3, 0.4) is 0 Å². The van der Waals surface area contributed by atoms with Crippen molar-refractivity contribution in [1.82, 2.24) is 10.3 Å². The Morgan fingerprint density at radius 2 is 2.32 bits per heavy atom. The number of rotatable bonds is 6. The lowest BCUT2D eigenvalue weighted by Gasteiger charge is -2.06. The highest BCUT2D eigenvalue weighted by Crippen LogP contribution is 2.14. The molecule has 5 heteroatoms. The Hall–Kier alpha value is -1.90. The molecule has 0 fully saturated rings. The van der Waals surface area contributed by atoms with Crippen molar-refractivity contribution in [3.8, 4) is 11.8 Å². The lowest BCUT2D eigenvalue weighted by atomic mass is 10.2. The molecule has 0 amide bonds. The quantitative estimate of drug-likeness (QED) is 0.879. The zero-order valence-corrected chi connectivity index (χ0v) is 11.5. The van der Waals surface area contributed by atoms with E-state index in [1.807, 2.05) is 36.5 Å². The van der Waals surface area contributed by atoms with Gasteiger partial charge in [-0.15, -0.1) is 11.3 Å². The molecule has 2 aromatic rings. The van der Waals surface area contributed by atoms with Crippen LogP contribution in [0, 0.1) is 18.3 Å². The highest BCUT2D eigenvalue weighted by Gasteiger charge is 2.00. The summed E-state index contributed by atoms with van der Waals surface area (Å²) in [5.74, 6) is 0.728. The van der Waals surface area contributed by atoms with E-state index in [0.717, 1.165) is 29.4 Å². The summed E-state index contributed by atoms with van der Waals surface area (Å²) in [6.45, 7) is 3.65. The Morgan fingerprint density at radius 1 is 1.42 bits per heavy atom. The molecule has 0 radical (unpaired) electrons. The summed E-state index contributed by atoms with van der Waals surface area (Å²) in [5, 5.41) is 12.9. The first-order valence-corrected chi connectivity index (χ1v) is 6.80. The molecule has 19 heavy (non-hydrogen) atoms. The predicted molar refractivity (Wildman–Crippen MR) is 74.9 cm³/mol. The van der Waals surface area contributed by atoms with Gasteiger partial charge in [-0.2, -0.15) is 5.26 Å². The summed E-state index contributed by atoms with van der Waals surface area (Å²) in [4.78, 5) is 5.53. The average molecular weight is 273 g/mol. The van der Waals surface area contributed by atoms with E-state index in [0.29, 0.717) is 0 Å². The molecule has 0 spiro atoms. The number of nitriles is 1.